The predicted molar refractivity (Wildman–Crippen MR) is 89.7 cm³/mol. The Bertz CT molecular complexity index is 644. The van der Waals surface area contributed by atoms with Gasteiger partial charge in [0.05, 0.1) is 5.56 Å². The third-order valence-corrected chi connectivity index (χ3v) is 6.47. The molecule has 4 atom stereocenters. The van der Waals surface area contributed by atoms with Gasteiger partial charge in [-0.15, -0.1) is 0 Å². The molecule has 1 saturated carbocycles. The zero-order valence-corrected chi connectivity index (χ0v) is 14.4. The van der Waals surface area contributed by atoms with Crippen LogP contribution in [0.3, 0.4) is 0 Å². The van der Waals surface area contributed by atoms with Crippen molar-refractivity contribution in [2.45, 2.75) is 57.3 Å². The summed E-state index contributed by atoms with van der Waals surface area (Å²) in [7, 11) is 2.26. The van der Waals surface area contributed by atoms with E-state index in [1.165, 1.54) is 12.8 Å². The topological polar surface area (TPSA) is 68.7 Å². The second-order valence-electron chi connectivity index (χ2n) is 7.51. The van der Waals surface area contributed by atoms with E-state index in [1.54, 1.807) is 11.7 Å². The van der Waals surface area contributed by atoms with E-state index < -0.39 is 5.91 Å². The number of aromatic nitrogens is 1. The number of hydrogen-bond donors (Lipinski definition) is 2. The molecular weight excluding hydrogens is 304 g/mol. The standard InChI is InChI=1S/C18H26N4O2/c1-3-13-7-15-12(6-11(8-19-15)18(23)20-24)9-22(13)10-17-14-4-5-16(14)21(17)2/h6,8,13-14,16-17,24H,3-5,7,9-10H2,1-2H3,(H,20,23). The fourth-order valence-corrected chi connectivity index (χ4v) is 4.78. The number of piperidine rings is 1. The van der Waals surface area contributed by atoms with Gasteiger partial charge in [-0.25, -0.2) is 5.48 Å². The maximum atomic E-state index is 11.6. The molecule has 3 aliphatic rings. The molecule has 1 amide bonds. The number of carbonyl (C=O) groups is 1. The van der Waals surface area contributed by atoms with Crippen molar-refractivity contribution in [3.8, 4) is 0 Å². The van der Waals surface area contributed by atoms with Gasteiger partial charge in [-0.3, -0.25) is 24.8 Å². The molecule has 1 aromatic heterocycles. The summed E-state index contributed by atoms with van der Waals surface area (Å²) in [4.78, 5) is 21.2. The number of hydrogen-bond acceptors (Lipinski definition) is 5. The van der Waals surface area contributed by atoms with Crippen molar-refractivity contribution in [1.82, 2.24) is 20.3 Å². The molecule has 2 aliphatic heterocycles. The molecule has 0 spiro atoms. The van der Waals surface area contributed by atoms with Gasteiger partial charge in [0.2, 0.25) is 0 Å². The van der Waals surface area contributed by atoms with Crippen LogP contribution in [0.1, 0.15) is 47.8 Å². The third-order valence-electron chi connectivity index (χ3n) is 6.47. The van der Waals surface area contributed by atoms with Crippen molar-refractivity contribution in [1.29, 1.82) is 0 Å². The molecule has 4 unspecified atom stereocenters. The average Bonchev–Trinajstić information content (AvgIpc) is 2.58. The minimum absolute atomic E-state index is 0.422. The van der Waals surface area contributed by atoms with E-state index in [0.717, 1.165) is 49.1 Å². The smallest absolute Gasteiger partial charge is 0.276 e. The van der Waals surface area contributed by atoms with Crippen molar-refractivity contribution in [2.75, 3.05) is 13.6 Å². The summed E-state index contributed by atoms with van der Waals surface area (Å²) in [5, 5.41) is 8.83. The van der Waals surface area contributed by atoms with Crippen LogP contribution in [-0.2, 0) is 13.0 Å². The molecule has 0 aromatic carbocycles. The van der Waals surface area contributed by atoms with Gasteiger partial charge in [0, 0.05) is 49.5 Å². The van der Waals surface area contributed by atoms with Crippen LogP contribution in [-0.4, -0.2) is 57.6 Å². The summed E-state index contributed by atoms with van der Waals surface area (Å²) in [6.45, 7) is 4.19. The monoisotopic (exact) mass is 330 g/mol. The van der Waals surface area contributed by atoms with Gasteiger partial charge in [-0.2, -0.15) is 0 Å². The lowest BCUT2D eigenvalue weighted by atomic mass is 9.65. The summed E-state index contributed by atoms with van der Waals surface area (Å²) >= 11 is 0. The number of pyridine rings is 1. The second-order valence-corrected chi connectivity index (χ2v) is 7.51. The van der Waals surface area contributed by atoms with Crippen molar-refractivity contribution in [3.05, 3.63) is 29.1 Å². The number of likely N-dealkylation sites (N-methyl/N-ethyl adjacent to an activating group) is 1. The first-order valence-electron chi connectivity index (χ1n) is 9.00. The van der Waals surface area contributed by atoms with Gasteiger partial charge in [0.15, 0.2) is 0 Å². The lowest BCUT2D eigenvalue weighted by Gasteiger charge is -2.62. The van der Waals surface area contributed by atoms with Crippen molar-refractivity contribution in [3.63, 3.8) is 0 Å². The minimum atomic E-state index is -0.495. The quantitative estimate of drug-likeness (QED) is 0.646. The zero-order chi connectivity index (χ0) is 16.8. The molecule has 0 bridgehead atoms. The zero-order valence-electron chi connectivity index (χ0n) is 14.4. The Morgan fingerprint density at radius 1 is 1.46 bits per heavy atom. The number of amides is 1. The van der Waals surface area contributed by atoms with Crippen molar-refractivity contribution in [2.24, 2.45) is 5.92 Å². The number of nitrogens with zero attached hydrogens (tertiary/aromatic N) is 3. The Morgan fingerprint density at radius 3 is 2.92 bits per heavy atom. The molecule has 1 saturated heterocycles. The first-order chi connectivity index (χ1) is 11.6. The van der Waals surface area contributed by atoms with E-state index in [-0.39, 0.29) is 0 Å². The average molecular weight is 330 g/mol. The Hall–Kier alpha value is -1.50. The predicted octanol–water partition coefficient (Wildman–Crippen LogP) is 1.43. The van der Waals surface area contributed by atoms with Crippen LogP contribution in [0.25, 0.3) is 0 Å². The number of hydroxylamine groups is 1. The lowest BCUT2D eigenvalue weighted by Crippen LogP contribution is -2.70. The van der Waals surface area contributed by atoms with Crippen LogP contribution in [0, 0.1) is 5.92 Å². The van der Waals surface area contributed by atoms with Crippen LogP contribution < -0.4 is 5.48 Å². The van der Waals surface area contributed by atoms with E-state index in [4.69, 9.17) is 5.21 Å². The molecular formula is C18H26N4O2. The molecule has 0 radical (unpaired) electrons. The van der Waals surface area contributed by atoms with E-state index in [1.807, 2.05) is 6.07 Å². The van der Waals surface area contributed by atoms with Crippen LogP contribution in [0.5, 0.6) is 0 Å². The second kappa shape index (κ2) is 6.10. The Kier molecular flexibility index (Phi) is 4.06. The molecule has 4 rings (SSSR count). The number of nitrogens with one attached hydrogen (secondary N) is 1. The van der Waals surface area contributed by atoms with Gasteiger partial charge in [-0.05, 0) is 43.9 Å². The largest absolute Gasteiger partial charge is 0.299 e. The summed E-state index contributed by atoms with van der Waals surface area (Å²) < 4.78 is 0. The third kappa shape index (κ3) is 2.44. The summed E-state index contributed by atoms with van der Waals surface area (Å²) in [5.74, 6) is 0.393. The van der Waals surface area contributed by atoms with E-state index in [9.17, 15) is 4.79 Å². The van der Waals surface area contributed by atoms with Gasteiger partial charge >= 0.3 is 0 Å². The van der Waals surface area contributed by atoms with Gasteiger partial charge in [0.1, 0.15) is 0 Å². The van der Waals surface area contributed by atoms with E-state index in [0.29, 0.717) is 17.6 Å². The summed E-state index contributed by atoms with van der Waals surface area (Å²) in [5.41, 5.74) is 4.33. The van der Waals surface area contributed by atoms with Gasteiger partial charge in [-0.1, -0.05) is 6.92 Å². The number of likely N-dealkylation sites (tertiary alicyclic amines) is 1. The van der Waals surface area contributed by atoms with Crippen LogP contribution in [0.4, 0.5) is 0 Å². The highest BCUT2D eigenvalue weighted by atomic mass is 16.5. The lowest BCUT2D eigenvalue weighted by molar-refractivity contribution is -0.118. The Labute approximate surface area is 142 Å². The van der Waals surface area contributed by atoms with E-state index in [2.05, 4.69) is 28.8 Å². The van der Waals surface area contributed by atoms with Crippen molar-refractivity contribution < 1.29 is 10.0 Å². The molecule has 1 aliphatic carbocycles. The van der Waals surface area contributed by atoms with Crippen LogP contribution in [0.15, 0.2) is 12.3 Å². The SMILES string of the molecule is CCC1Cc2ncc(C(=O)NO)cc2CN1CC1C2CCC2N1C. The number of fused-ring (bicyclic) bond motifs is 2. The molecule has 2 N–H and O–H groups in total. The molecule has 2 fully saturated rings. The fourth-order valence-electron chi connectivity index (χ4n) is 4.78. The normalized spacial score (nSPS) is 32.3. The van der Waals surface area contributed by atoms with E-state index >= 15 is 0 Å². The number of rotatable bonds is 4. The molecule has 3 heterocycles. The maximum Gasteiger partial charge on any atom is 0.276 e. The highest BCUT2D eigenvalue weighted by Gasteiger charge is 2.52. The molecule has 24 heavy (non-hydrogen) atoms. The molecule has 1 aromatic rings. The van der Waals surface area contributed by atoms with Crippen molar-refractivity contribution >= 4 is 5.91 Å². The molecule has 6 nitrogen and oxygen atoms in total. The summed E-state index contributed by atoms with van der Waals surface area (Å²) in [6.07, 6.45) is 6.36. The Balaban J connectivity index is 1.52. The highest BCUT2D eigenvalue weighted by molar-refractivity contribution is 5.93. The summed E-state index contributed by atoms with van der Waals surface area (Å²) in [6, 6.07) is 3.91. The minimum Gasteiger partial charge on any atom is -0.299 e. The highest BCUT2D eigenvalue weighted by Crippen LogP contribution is 2.46. The Morgan fingerprint density at radius 2 is 2.29 bits per heavy atom. The van der Waals surface area contributed by atoms with Gasteiger partial charge < -0.3 is 0 Å². The first kappa shape index (κ1) is 16.0. The molecule has 130 valence electrons. The first-order valence-corrected chi connectivity index (χ1v) is 9.00. The fraction of sp³-hybridized carbons (Fsp3) is 0.667. The van der Waals surface area contributed by atoms with Gasteiger partial charge in [0.25, 0.3) is 5.91 Å². The molecule has 6 heteroatoms. The number of carbonyl (C=O) groups excluding carboxylic acids is 1. The van der Waals surface area contributed by atoms with Crippen LogP contribution >= 0.6 is 0 Å². The van der Waals surface area contributed by atoms with Crippen LogP contribution in [0.2, 0.25) is 0 Å². The maximum absolute atomic E-state index is 11.6.